The molecule has 0 amide bonds. The molecule has 0 bridgehead atoms. The first kappa shape index (κ1) is 9.96. The molecule has 0 aromatic carbocycles. The Morgan fingerprint density at radius 3 is 2.75 bits per heavy atom. The molecule has 3 heteroatoms. The lowest BCUT2D eigenvalue weighted by Gasteiger charge is -2.24. The number of aliphatic hydroxyl groups is 1. The Morgan fingerprint density at radius 2 is 2.17 bits per heavy atom. The molecule has 0 radical (unpaired) electrons. The van der Waals surface area contributed by atoms with Crippen molar-refractivity contribution in [3.63, 3.8) is 0 Å². The molecule has 1 heterocycles. The number of hydrogen-bond donors (Lipinski definition) is 2. The second kappa shape index (κ2) is 5.51. The number of hydrogen-bond acceptors (Lipinski definition) is 3. The smallest absolute Gasteiger partial charge is 0.154 e. The average Bonchev–Trinajstić information content (AvgIpc) is 2.06. The average molecular weight is 173 g/mol. The maximum absolute atomic E-state index is 9.36. The van der Waals surface area contributed by atoms with E-state index in [0.717, 1.165) is 19.5 Å². The Kier molecular flexibility index (Phi) is 4.58. The molecule has 0 aliphatic carbocycles. The maximum atomic E-state index is 9.36. The van der Waals surface area contributed by atoms with Gasteiger partial charge in [-0.1, -0.05) is 0 Å². The highest BCUT2D eigenvalue weighted by Crippen LogP contribution is 2.17. The SMILES string of the molecule is CCOC(O)CC1CCNCC1. The zero-order valence-electron chi connectivity index (χ0n) is 7.75. The van der Waals surface area contributed by atoms with Crippen LogP contribution in [0.25, 0.3) is 0 Å². The van der Waals surface area contributed by atoms with Gasteiger partial charge in [0.15, 0.2) is 6.29 Å². The Morgan fingerprint density at radius 1 is 1.50 bits per heavy atom. The van der Waals surface area contributed by atoms with Crippen LogP contribution in [0.15, 0.2) is 0 Å². The van der Waals surface area contributed by atoms with Gasteiger partial charge >= 0.3 is 0 Å². The number of ether oxygens (including phenoxy) is 1. The van der Waals surface area contributed by atoms with Crippen molar-refractivity contribution in [1.82, 2.24) is 5.32 Å². The Bertz CT molecular complexity index is 113. The third-order valence-electron chi connectivity index (χ3n) is 2.35. The molecule has 1 aliphatic heterocycles. The van der Waals surface area contributed by atoms with E-state index in [-0.39, 0.29) is 0 Å². The molecule has 72 valence electrons. The van der Waals surface area contributed by atoms with E-state index in [1.165, 1.54) is 12.8 Å². The quantitative estimate of drug-likeness (QED) is 0.616. The molecule has 2 N–H and O–H groups in total. The minimum Gasteiger partial charge on any atom is -0.368 e. The minimum atomic E-state index is -0.543. The molecule has 3 nitrogen and oxygen atoms in total. The van der Waals surface area contributed by atoms with Crippen molar-refractivity contribution >= 4 is 0 Å². The molecule has 1 fully saturated rings. The van der Waals surface area contributed by atoms with Crippen molar-refractivity contribution in [3.8, 4) is 0 Å². The molecule has 0 saturated carbocycles. The number of aliphatic hydroxyl groups excluding tert-OH is 1. The number of rotatable bonds is 4. The topological polar surface area (TPSA) is 41.5 Å². The lowest BCUT2D eigenvalue weighted by Crippen LogP contribution is -2.30. The number of piperidine rings is 1. The molecule has 12 heavy (non-hydrogen) atoms. The molecule has 1 aliphatic rings. The summed E-state index contributed by atoms with van der Waals surface area (Å²) >= 11 is 0. The fourth-order valence-corrected chi connectivity index (χ4v) is 1.66. The van der Waals surface area contributed by atoms with Gasteiger partial charge in [0.1, 0.15) is 0 Å². The van der Waals surface area contributed by atoms with Gasteiger partial charge in [0, 0.05) is 13.0 Å². The summed E-state index contributed by atoms with van der Waals surface area (Å²) in [5.41, 5.74) is 0. The third kappa shape index (κ3) is 3.52. The highest BCUT2D eigenvalue weighted by Gasteiger charge is 2.16. The van der Waals surface area contributed by atoms with E-state index in [2.05, 4.69) is 5.32 Å². The van der Waals surface area contributed by atoms with Gasteiger partial charge < -0.3 is 15.2 Å². The maximum Gasteiger partial charge on any atom is 0.154 e. The highest BCUT2D eigenvalue weighted by molar-refractivity contribution is 4.69. The van der Waals surface area contributed by atoms with Gasteiger partial charge in [0.2, 0.25) is 0 Å². The Labute approximate surface area is 74.1 Å². The predicted molar refractivity (Wildman–Crippen MR) is 47.8 cm³/mol. The van der Waals surface area contributed by atoms with Crippen LogP contribution in [0.4, 0.5) is 0 Å². The van der Waals surface area contributed by atoms with Crippen LogP contribution in [0, 0.1) is 5.92 Å². The first-order chi connectivity index (χ1) is 5.83. The van der Waals surface area contributed by atoms with Gasteiger partial charge in [0.25, 0.3) is 0 Å². The van der Waals surface area contributed by atoms with E-state index in [0.29, 0.717) is 12.5 Å². The predicted octanol–water partition coefficient (Wildman–Crippen LogP) is 0.731. The van der Waals surface area contributed by atoms with Gasteiger partial charge in [-0.15, -0.1) is 0 Å². The molecular formula is C9H19NO2. The van der Waals surface area contributed by atoms with Crippen molar-refractivity contribution in [1.29, 1.82) is 0 Å². The summed E-state index contributed by atoms with van der Waals surface area (Å²) in [6.07, 6.45) is 2.60. The van der Waals surface area contributed by atoms with E-state index in [9.17, 15) is 5.11 Å². The van der Waals surface area contributed by atoms with Crippen LogP contribution < -0.4 is 5.32 Å². The third-order valence-corrected chi connectivity index (χ3v) is 2.35. The van der Waals surface area contributed by atoms with Gasteiger partial charge in [-0.25, -0.2) is 0 Å². The summed E-state index contributed by atoms with van der Waals surface area (Å²) in [5.74, 6) is 0.646. The van der Waals surface area contributed by atoms with Crippen molar-refractivity contribution in [2.45, 2.75) is 32.5 Å². The highest BCUT2D eigenvalue weighted by atomic mass is 16.6. The largest absolute Gasteiger partial charge is 0.368 e. The molecule has 1 rings (SSSR count). The fourth-order valence-electron chi connectivity index (χ4n) is 1.66. The molecule has 0 aromatic heterocycles. The standard InChI is InChI=1S/C9H19NO2/c1-2-12-9(11)7-8-3-5-10-6-4-8/h8-11H,2-7H2,1H3. The van der Waals surface area contributed by atoms with E-state index in [1.807, 2.05) is 6.92 Å². The Balaban J connectivity index is 2.11. The van der Waals surface area contributed by atoms with E-state index >= 15 is 0 Å². The summed E-state index contributed by atoms with van der Waals surface area (Å²) in [6.45, 7) is 4.69. The van der Waals surface area contributed by atoms with Gasteiger partial charge in [-0.2, -0.15) is 0 Å². The molecule has 0 spiro atoms. The fraction of sp³-hybridized carbons (Fsp3) is 1.00. The van der Waals surface area contributed by atoms with E-state index in [4.69, 9.17) is 4.74 Å². The monoisotopic (exact) mass is 173 g/mol. The molecule has 1 atom stereocenters. The molecule has 0 aromatic rings. The summed E-state index contributed by atoms with van der Waals surface area (Å²) in [6, 6.07) is 0. The van der Waals surface area contributed by atoms with Crippen molar-refractivity contribution < 1.29 is 9.84 Å². The Hall–Kier alpha value is -0.120. The second-order valence-electron chi connectivity index (χ2n) is 3.34. The normalized spacial score (nSPS) is 22.5. The van der Waals surface area contributed by atoms with E-state index in [1.54, 1.807) is 0 Å². The number of nitrogens with one attached hydrogen (secondary N) is 1. The van der Waals surface area contributed by atoms with Crippen LogP contribution in [-0.4, -0.2) is 31.1 Å². The van der Waals surface area contributed by atoms with Crippen LogP contribution in [0.3, 0.4) is 0 Å². The zero-order chi connectivity index (χ0) is 8.81. The summed E-state index contributed by atoms with van der Waals surface area (Å²) in [4.78, 5) is 0. The van der Waals surface area contributed by atoms with Crippen LogP contribution >= 0.6 is 0 Å². The van der Waals surface area contributed by atoms with Crippen LogP contribution in [0.1, 0.15) is 26.2 Å². The zero-order valence-corrected chi connectivity index (χ0v) is 7.75. The van der Waals surface area contributed by atoms with Gasteiger partial charge in [-0.3, -0.25) is 0 Å². The minimum absolute atomic E-state index is 0.543. The molecular weight excluding hydrogens is 154 g/mol. The van der Waals surface area contributed by atoms with Crippen molar-refractivity contribution in [2.75, 3.05) is 19.7 Å². The lowest BCUT2D eigenvalue weighted by molar-refractivity contribution is -0.108. The van der Waals surface area contributed by atoms with Crippen LogP contribution in [0.2, 0.25) is 0 Å². The first-order valence-electron chi connectivity index (χ1n) is 4.83. The first-order valence-corrected chi connectivity index (χ1v) is 4.83. The van der Waals surface area contributed by atoms with Crippen LogP contribution in [0.5, 0.6) is 0 Å². The van der Waals surface area contributed by atoms with Crippen molar-refractivity contribution in [2.24, 2.45) is 5.92 Å². The molecule has 1 saturated heterocycles. The summed E-state index contributed by atoms with van der Waals surface area (Å²) < 4.78 is 5.08. The molecule has 1 unspecified atom stereocenters. The van der Waals surface area contributed by atoms with Crippen molar-refractivity contribution in [3.05, 3.63) is 0 Å². The lowest BCUT2D eigenvalue weighted by atomic mass is 9.94. The summed E-state index contributed by atoms with van der Waals surface area (Å²) in [7, 11) is 0. The summed E-state index contributed by atoms with van der Waals surface area (Å²) in [5, 5.41) is 12.7. The van der Waals surface area contributed by atoms with E-state index < -0.39 is 6.29 Å². The van der Waals surface area contributed by atoms with Gasteiger partial charge in [-0.05, 0) is 38.8 Å². The van der Waals surface area contributed by atoms with Crippen LogP contribution in [-0.2, 0) is 4.74 Å². The van der Waals surface area contributed by atoms with Gasteiger partial charge in [0.05, 0.1) is 0 Å². The second-order valence-corrected chi connectivity index (χ2v) is 3.34.